The first kappa shape index (κ1) is 12.7. The standard InChI is InChI=1S/C13H16F3N3/c14-13(15,16)10-1-4-17-12(7-10)18-11-8-19-5-2-9(11)3-6-19/h1,4,7,9,11H,2-3,5-6,8H2,(H,17,18). The van der Waals surface area contributed by atoms with Crippen LogP contribution in [-0.4, -0.2) is 35.6 Å². The molecular formula is C13H16F3N3. The molecule has 1 aromatic heterocycles. The van der Waals surface area contributed by atoms with Crippen molar-refractivity contribution in [2.75, 3.05) is 25.0 Å². The number of fused-ring (bicyclic) bond motifs is 3. The summed E-state index contributed by atoms with van der Waals surface area (Å²) in [6.45, 7) is 3.13. The molecule has 3 aliphatic rings. The molecular weight excluding hydrogens is 255 g/mol. The predicted molar refractivity (Wildman–Crippen MR) is 65.8 cm³/mol. The fourth-order valence-corrected chi connectivity index (χ4v) is 3.00. The van der Waals surface area contributed by atoms with Gasteiger partial charge in [-0.1, -0.05) is 0 Å². The second-order valence-electron chi connectivity index (χ2n) is 5.32. The minimum atomic E-state index is -4.31. The van der Waals surface area contributed by atoms with E-state index >= 15 is 0 Å². The highest BCUT2D eigenvalue weighted by Crippen LogP contribution is 2.32. The van der Waals surface area contributed by atoms with Gasteiger partial charge < -0.3 is 10.2 Å². The summed E-state index contributed by atoms with van der Waals surface area (Å²) in [6.07, 6.45) is -0.853. The SMILES string of the molecule is FC(F)(F)c1ccnc(NC2CN3CCC2CC3)c1. The molecule has 0 amide bonds. The maximum Gasteiger partial charge on any atom is 0.416 e. The summed E-state index contributed by atoms with van der Waals surface area (Å²) in [5.74, 6) is 0.884. The molecule has 1 N–H and O–H groups in total. The molecule has 3 saturated heterocycles. The van der Waals surface area contributed by atoms with E-state index in [9.17, 15) is 13.2 Å². The average Bonchev–Trinajstić information content (AvgIpc) is 2.39. The van der Waals surface area contributed by atoms with Gasteiger partial charge in [0.2, 0.25) is 0 Å². The molecule has 1 aromatic rings. The third-order valence-electron chi connectivity index (χ3n) is 4.08. The highest BCUT2D eigenvalue weighted by atomic mass is 19.4. The number of pyridine rings is 1. The van der Waals surface area contributed by atoms with Gasteiger partial charge in [0, 0.05) is 18.8 Å². The lowest BCUT2D eigenvalue weighted by Crippen LogP contribution is -2.53. The van der Waals surface area contributed by atoms with Crippen LogP contribution in [0, 0.1) is 5.92 Å². The molecule has 4 rings (SSSR count). The van der Waals surface area contributed by atoms with Gasteiger partial charge in [-0.25, -0.2) is 4.98 Å². The summed E-state index contributed by atoms with van der Waals surface area (Å²) in [6, 6.07) is 2.32. The molecule has 0 spiro atoms. The number of anilines is 1. The molecule has 2 bridgehead atoms. The Hall–Kier alpha value is -1.30. The number of hydrogen-bond donors (Lipinski definition) is 1. The molecule has 1 atom stereocenters. The van der Waals surface area contributed by atoms with Crippen molar-refractivity contribution in [1.29, 1.82) is 0 Å². The van der Waals surface area contributed by atoms with Crippen LogP contribution in [0.3, 0.4) is 0 Å². The lowest BCUT2D eigenvalue weighted by atomic mass is 9.84. The molecule has 3 aliphatic heterocycles. The second kappa shape index (κ2) is 4.67. The third kappa shape index (κ3) is 2.68. The normalized spacial score (nSPS) is 30.4. The smallest absolute Gasteiger partial charge is 0.366 e. The van der Waals surface area contributed by atoms with E-state index in [0.29, 0.717) is 11.7 Å². The first-order valence-electron chi connectivity index (χ1n) is 6.54. The number of aromatic nitrogens is 1. The molecule has 104 valence electrons. The van der Waals surface area contributed by atoms with Crippen LogP contribution in [0.5, 0.6) is 0 Å². The Morgan fingerprint density at radius 2 is 2.00 bits per heavy atom. The highest BCUT2D eigenvalue weighted by molar-refractivity contribution is 5.40. The van der Waals surface area contributed by atoms with Crippen LogP contribution in [0.2, 0.25) is 0 Å². The van der Waals surface area contributed by atoms with Gasteiger partial charge in [0.25, 0.3) is 0 Å². The van der Waals surface area contributed by atoms with Crippen molar-refractivity contribution >= 4 is 5.82 Å². The number of hydrogen-bond acceptors (Lipinski definition) is 3. The van der Waals surface area contributed by atoms with Gasteiger partial charge in [-0.15, -0.1) is 0 Å². The zero-order valence-electron chi connectivity index (χ0n) is 10.5. The zero-order chi connectivity index (χ0) is 13.5. The summed E-state index contributed by atoms with van der Waals surface area (Å²) in [5.41, 5.74) is -0.647. The topological polar surface area (TPSA) is 28.2 Å². The molecule has 1 unspecified atom stereocenters. The fraction of sp³-hybridized carbons (Fsp3) is 0.615. The molecule has 0 aromatic carbocycles. The number of halogens is 3. The summed E-state index contributed by atoms with van der Waals surface area (Å²) in [5, 5.41) is 3.17. The van der Waals surface area contributed by atoms with Crippen molar-refractivity contribution in [2.45, 2.75) is 25.1 Å². The first-order valence-corrected chi connectivity index (χ1v) is 6.54. The van der Waals surface area contributed by atoms with E-state index in [-0.39, 0.29) is 6.04 Å². The minimum Gasteiger partial charge on any atom is -0.366 e. The lowest BCUT2D eigenvalue weighted by Gasteiger charge is -2.45. The molecule has 3 fully saturated rings. The predicted octanol–water partition coefficient (Wildman–Crippen LogP) is 2.61. The van der Waals surface area contributed by atoms with Crippen LogP contribution in [0.25, 0.3) is 0 Å². The van der Waals surface area contributed by atoms with Crippen molar-refractivity contribution in [1.82, 2.24) is 9.88 Å². The summed E-state index contributed by atoms with van der Waals surface area (Å²) in [4.78, 5) is 6.35. The van der Waals surface area contributed by atoms with E-state index < -0.39 is 11.7 Å². The van der Waals surface area contributed by atoms with Gasteiger partial charge >= 0.3 is 6.18 Å². The van der Waals surface area contributed by atoms with E-state index in [1.54, 1.807) is 0 Å². The number of nitrogens with one attached hydrogen (secondary N) is 1. The van der Waals surface area contributed by atoms with E-state index in [1.165, 1.54) is 6.20 Å². The minimum absolute atomic E-state index is 0.221. The Balaban J connectivity index is 1.73. The molecule has 0 aliphatic carbocycles. The second-order valence-corrected chi connectivity index (χ2v) is 5.32. The zero-order valence-corrected chi connectivity index (χ0v) is 10.5. The van der Waals surface area contributed by atoms with E-state index in [4.69, 9.17) is 0 Å². The quantitative estimate of drug-likeness (QED) is 0.896. The Morgan fingerprint density at radius 3 is 2.58 bits per heavy atom. The van der Waals surface area contributed by atoms with Crippen LogP contribution < -0.4 is 5.32 Å². The largest absolute Gasteiger partial charge is 0.416 e. The molecule has 19 heavy (non-hydrogen) atoms. The average molecular weight is 271 g/mol. The number of piperidine rings is 3. The van der Waals surface area contributed by atoms with Crippen LogP contribution in [0.4, 0.5) is 19.0 Å². The monoisotopic (exact) mass is 271 g/mol. The highest BCUT2D eigenvalue weighted by Gasteiger charge is 2.35. The maximum atomic E-state index is 12.6. The van der Waals surface area contributed by atoms with Gasteiger partial charge in [0.05, 0.1) is 5.56 Å². The van der Waals surface area contributed by atoms with Crippen molar-refractivity contribution in [3.63, 3.8) is 0 Å². The molecule has 6 heteroatoms. The maximum absolute atomic E-state index is 12.6. The van der Waals surface area contributed by atoms with E-state index in [0.717, 1.165) is 44.6 Å². The van der Waals surface area contributed by atoms with Gasteiger partial charge in [-0.2, -0.15) is 13.2 Å². The molecule has 3 nitrogen and oxygen atoms in total. The van der Waals surface area contributed by atoms with Gasteiger partial charge in [0.15, 0.2) is 0 Å². The summed E-state index contributed by atoms with van der Waals surface area (Å²) < 4.78 is 37.9. The number of rotatable bonds is 2. The van der Waals surface area contributed by atoms with Gasteiger partial charge in [-0.05, 0) is 44.0 Å². The van der Waals surface area contributed by atoms with Crippen LogP contribution in [0.15, 0.2) is 18.3 Å². The molecule has 4 heterocycles. The van der Waals surface area contributed by atoms with E-state index in [2.05, 4.69) is 15.2 Å². The van der Waals surface area contributed by atoms with Crippen molar-refractivity contribution < 1.29 is 13.2 Å². The Labute approximate surface area is 109 Å². The number of alkyl halides is 3. The van der Waals surface area contributed by atoms with Crippen LogP contribution in [-0.2, 0) is 6.18 Å². The summed E-state index contributed by atoms with van der Waals surface area (Å²) >= 11 is 0. The van der Waals surface area contributed by atoms with Gasteiger partial charge in [0.1, 0.15) is 5.82 Å². The lowest BCUT2D eigenvalue weighted by molar-refractivity contribution is -0.137. The molecule has 0 saturated carbocycles. The fourth-order valence-electron chi connectivity index (χ4n) is 3.00. The Kier molecular flexibility index (Phi) is 3.12. The van der Waals surface area contributed by atoms with Crippen LogP contribution >= 0.6 is 0 Å². The van der Waals surface area contributed by atoms with Crippen molar-refractivity contribution in [2.24, 2.45) is 5.92 Å². The van der Waals surface area contributed by atoms with Crippen molar-refractivity contribution in [3.8, 4) is 0 Å². The summed E-state index contributed by atoms with van der Waals surface area (Å²) in [7, 11) is 0. The first-order chi connectivity index (χ1) is 9.02. The Morgan fingerprint density at radius 1 is 1.26 bits per heavy atom. The van der Waals surface area contributed by atoms with E-state index in [1.807, 2.05) is 0 Å². The van der Waals surface area contributed by atoms with Crippen molar-refractivity contribution in [3.05, 3.63) is 23.9 Å². The Bertz CT molecular complexity index is 453. The third-order valence-corrected chi connectivity index (χ3v) is 4.08. The number of nitrogens with zero attached hydrogens (tertiary/aromatic N) is 2. The van der Waals surface area contributed by atoms with Gasteiger partial charge in [-0.3, -0.25) is 0 Å². The van der Waals surface area contributed by atoms with Crippen LogP contribution in [0.1, 0.15) is 18.4 Å². The molecule has 0 radical (unpaired) electrons.